The van der Waals surface area contributed by atoms with E-state index in [0.29, 0.717) is 51.3 Å². The summed E-state index contributed by atoms with van der Waals surface area (Å²) in [6, 6.07) is -0.306. The number of rotatable bonds is 3. The monoisotopic (exact) mass is 407 g/mol. The predicted octanol–water partition coefficient (Wildman–Crippen LogP) is -0.817. The Labute approximate surface area is 167 Å². The number of carboxylic acid groups (broad SMARTS) is 1. The quantitative estimate of drug-likeness (QED) is 0.478. The molecule has 0 spiro atoms. The Morgan fingerprint density at radius 1 is 1.24 bits per heavy atom. The van der Waals surface area contributed by atoms with Crippen LogP contribution in [-0.2, 0) is 32.1 Å². The number of fused-ring (bicyclic) bond motifs is 1. The zero-order valence-electron chi connectivity index (χ0n) is 16.0. The van der Waals surface area contributed by atoms with E-state index in [1.54, 1.807) is 4.90 Å². The lowest BCUT2D eigenvalue weighted by Crippen LogP contribution is -2.46. The highest BCUT2D eigenvalue weighted by molar-refractivity contribution is 5.94. The molecule has 2 fully saturated rings. The molecule has 0 radical (unpaired) electrons. The zero-order valence-corrected chi connectivity index (χ0v) is 16.0. The van der Waals surface area contributed by atoms with Gasteiger partial charge in [-0.2, -0.15) is 5.10 Å². The molecule has 11 heteroatoms. The first kappa shape index (κ1) is 20.8. The van der Waals surface area contributed by atoms with Crippen molar-refractivity contribution in [3.05, 3.63) is 17.0 Å². The maximum Gasteiger partial charge on any atom is 0.290 e. The second-order valence-electron chi connectivity index (χ2n) is 7.16. The molecule has 0 aromatic carbocycles. The summed E-state index contributed by atoms with van der Waals surface area (Å²) in [5.41, 5.74) is 2.10. The van der Waals surface area contributed by atoms with Crippen LogP contribution in [0.5, 0.6) is 0 Å². The molecule has 1 unspecified atom stereocenters. The summed E-state index contributed by atoms with van der Waals surface area (Å²) >= 11 is 0. The molecule has 3 aliphatic rings. The average molecular weight is 407 g/mol. The fraction of sp³-hybridized carbons (Fsp3) is 0.611. The molecule has 1 atom stereocenters. The van der Waals surface area contributed by atoms with Crippen molar-refractivity contribution < 1.29 is 29.0 Å². The standard InChI is InChI=1S/C17H23N5O4.CH2O2/c23-14-2-1-12(19-14)17(25)22-6-3-11-13(9-22)20-21-15(11)16(24)18-10-4-7-26-8-5-10;2-1-3/h10,12H,1-9H2,(H,18,24)(H,19,23)(H,20,21);1H,(H,2,3). The maximum absolute atomic E-state index is 12.5. The Bertz CT molecular complexity index is 773. The van der Waals surface area contributed by atoms with E-state index in [-0.39, 0.29) is 30.2 Å². The summed E-state index contributed by atoms with van der Waals surface area (Å²) in [5, 5.41) is 19.7. The third kappa shape index (κ3) is 4.91. The van der Waals surface area contributed by atoms with Gasteiger partial charge in [0.05, 0.1) is 12.2 Å². The number of nitrogens with zero attached hydrogens (tertiary/aromatic N) is 2. The Kier molecular flexibility index (Phi) is 6.81. The van der Waals surface area contributed by atoms with Crippen LogP contribution in [0.1, 0.15) is 47.4 Å². The highest BCUT2D eigenvalue weighted by atomic mass is 16.5. The Morgan fingerprint density at radius 2 is 1.97 bits per heavy atom. The third-order valence-corrected chi connectivity index (χ3v) is 5.31. The van der Waals surface area contributed by atoms with Crippen LogP contribution in [0.4, 0.5) is 0 Å². The minimum Gasteiger partial charge on any atom is -0.483 e. The molecule has 158 valence electrons. The number of nitrogens with one attached hydrogen (secondary N) is 3. The summed E-state index contributed by atoms with van der Waals surface area (Å²) in [6.07, 6.45) is 3.15. The van der Waals surface area contributed by atoms with Gasteiger partial charge in [0.15, 0.2) is 5.69 Å². The highest BCUT2D eigenvalue weighted by Gasteiger charge is 2.34. The molecule has 4 N–H and O–H groups in total. The summed E-state index contributed by atoms with van der Waals surface area (Å²) < 4.78 is 5.31. The van der Waals surface area contributed by atoms with Gasteiger partial charge in [0, 0.05) is 37.8 Å². The first-order valence-electron chi connectivity index (χ1n) is 9.64. The van der Waals surface area contributed by atoms with Crippen molar-refractivity contribution in [3.63, 3.8) is 0 Å². The van der Waals surface area contributed by atoms with Crippen LogP contribution in [0.3, 0.4) is 0 Å². The van der Waals surface area contributed by atoms with Crippen LogP contribution in [0.15, 0.2) is 0 Å². The van der Waals surface area contributed by atoms with E-state index in [4.69, 9.17) is 14.6 Å². The summed E-state index contributed by atoms with van der Waals surface area (Å²) in [6.45, 7) is 1.99. The van der Waals surface area contributed by atoms with E-state index >= 15 is 0 Å². The number of hydrogen-bond acceptors (Lipinski definition) is 6. The van der Waals surface area contributed by atoms with Gasteiger partial charge in [0.1, 0.15) is 6.04 Å². The topological polar surface area (TPSA) is 154 Å². The van der Waals surface area contributed by atoms with E-state index in [9.17, 15) is 14.4 Å². The van der Waals surface area contributed by atoms with Gasteiger partial charge >= 0.3 is 0 Å². The van der Waals surface area contributed by atoms with E-state index in [1.807, 2.05) is 0 Å². The number of hydrogen-bond donors (Lipinski definition) is 4. The lowest BCUT2D eigenvalue weighted by atomic mass is 10.0. The molecule has 3 aliphatic heterocycles. The second kappa shape index (κ2) is 9.50. The lowest BCUT2D eigenvalue weighted by Gasteiger charge is -2.29. The normalized spacial score (nSPS) is 21.4. The fourth-order valence-electron chi connectivity index (χ4n) is 3.81. The number of aromatic amines is 1. The van der Waals surface area contributed by atoms with Gasteiger partial charge in [0.2, 0.25) is 11.8 Å². The van der Waals surface area contributed by atoms with Crippen molar-refractivity contribution in [2.24, 2.45) is 0 Å². The third-order valence-electron chi connectivity index (χ3n) is 5.31. The van der Waals surface area contributed by atoms with Crippen molar-refractivity contribution in [2.45, 2.75) is 50.7 Å². The Morgan fingerprint density at radius 3 is 2.62 bits per heavy atom. The molecule has 1 aromatic heterocycles. The van der Waals surface area contributed by atoms with E-state index in [2.05, 4.69) is 20.8 Å². The van der Waals surface area contributed by atoms with E-state index in [0.717, 1.165) is 24.1 Å². The molecular weight excluding hydrogens is 382 g/mol. The molecule has 0 bridgehead atoms. The minimum absolute atomic E-state index is 0.0655. The smallest absolute Gasteiger partial charge is 0.290 e. The van der Waals surface area contributed by atoms with Gasteiger partial charge in [-0.3, -0.25) is 24.3 Å². The van der Waals surface area contributed by atoms with Crippen molar-refractivity contribution in [1.82, 2.24) is 25.7 Å². The van der Waals surface area contributed by atoms with Gasteiger partial charge in [-0.25, -0.2) is 0 Å². The minimum atomic E-state index is -0.428. The predicted molar refractivity (Wildman–Crippen MR) is 98.9 cm³/mol. The highest BCUT2D eigenvalue weighted by Crippen LogP contribution is 2.22. The van der Waals surface area contributed by atoms with Crippen LogP contribution >= 0.6 is 0 Å². The fourth-order valence-corrected chi connectivity index (χ4v) is 3.81. The van der Waals surface area contributed by atoms with Crippen molar-refractivity contribution >= 4 is 24.2 Å². The number of amides is 3. The van der Waals surface area contributed by atoms with Crippen molar-refractivity contribution in [1.29, 1.82) is 0 Å². The van der Waals surface area contributed by atoms with E-state index in [1.165, 1.54) is 0 Å². The van der Waals surface area contributed by atoms with Crippen LogP contribution < -0.4 is 10.6 Å². The number of ether oxygens (including phenoxy) is 1. The largest absolute Gasteiger partial charge is 0.483 e. The number of carbonyl (C=O) groups excluding carboxylic acids is 3. The molecule has 11 nitrogen and oxygen atoms in total. The summed E-state index contributed by atoms with van der Waals surface area (Å²) in [4.78, 5) is 46.5. The Balaban J connectivity index is 0.000000755. The van der Waals surface area contributed by atoms with Crippen molar-refractivity contribution in [3.8, 4) is 0 Å². The zero-order chi connectivity index (χ0) is 20.8. The average Bonchev–Trinajstić information content (AvgIpc) is 3.34. The SMILES string of the molecule is O=C1CCC(C(=O)N2CCc3c(C(=O)NC4CCOCC4)n[nH]c3C2)N1.O=CO. The lowest BCUT2D eigenvalue weighted by molar-refractivity contribution is -0.135. The van der Waals surface area contributed by atoms with Gasteiger partial charge in [-0.15, -0.1) is 0 Å². The molecule has 1 aromatic rings. The summed E-state index contributed by atoms with van der Waals surface area (Å²) in [7, 11) is 0. The molecule has 4 rings (SSSR count). The van der Waals surface area contributed by atoms with Gasteiger partial charge in [-0.1, -0.05) is 0 Å². The molecule has 2 saturated heterocycles. The van der Waals surface area contributed by atoms with Gasteiger partial charge in [0.25, 0.3) is 12.4 Å². The van der Waals surface area contributed by atoms with Gasteiger partial charge < -0.3 is 25.4 Å². The van der Waals surface area contributed by atoms with Crippen LogP contribution in [0, 0.1) is 0 Å². The van der Waals surface area contributed by atoms with Gasteiger partial charge in [-0.05, 0) is 25.7 Å². The number of aromatic nitrogens is 2. The number of H-pyrrole nitrogens is 1. The molecular formula is C18H25N5O6. The maximum atomic E-state index is 12.5. The molecule has 4 heterocycles. The first-order valence-corrected chi connectivity index (χ1v) is 9.64. The first-order chi connectivity index (χ1) is 14.0. The summed E-state index contributed by atoms with van der Waals surface area (Å²) in [5.74, 6) is -0.309. The second-order valence-corrected chi connectivity index (χ2v) is 7.16. The van der Waals surface area contributed by atoms with Crippen LogP contribution in [-0.4, -0.2) is 76.2 Å². The molecule has 0 saturated carbocycles. The van der Waals surface area contributed by atoms with E-state index < -0.39 is 6.04 Å². The van der Waals surface area contributed by atoms with Crippen LogP contribution in [0.2, 0.25) is 0 Å². The Hall–Kier alpha value is -2.95. The number of carbonyl (C=O) groups is 4. The molecule has 3 amide bonds. The molecule has 0 aliphatic carbocycles. The van der Waals surface area contributed by atoms with Crippen molar-refractivity contribution in [2.75, 3.05) is 19.8 Å². The molecule has 29 heavy (non-hydrogen) atoms. The van der Waals surface area contributed by atoms with Crippen LogP contribution in [0.25, 0.3) is 0 Å².